The van der Waals surface area contributed by atoms with Crippen molar-refractivity contribution in [3.63, 3.8) is 0 Å². The molecule has 1 aromatic carbocycles. The number of nitrogens with zero attached hydrogens (tertiary/aromatic N) is 1. The summed E-state index contributed by atoms with van der Waals surface area (Å²) in [6.45, 7) is 7.92. The highest BCUT2D eigenvalue weighted by Crippen LogP contribution is 2.28. The average molecular weight is 232 g/mol. The molecule has 1 fully saturated rings. The molecule has 1 aliphatic rings. The molecule has 0 unspecified atom stereocenters. The third kappa shape index (κ3) is 2.70. The minimum absolute atomic E-state index is 0.310. The molecule has 0 aromatic heterocycles. The molecule has 17 heavy (non-hydrogen) atoms. The Bertz CT molecular complexity index is 335. The molecule has 1 saturated heterocycles. The molecule has 0 spiro atoms. The van der Waals surface area contributed by atoms with Crippen LogP contribution in [0.3, 0.4) is 0 Å². The Balaban J connectivity index is 2.12. The smallest absolute Gasteiger partial charge is 0.0240 e. The maximum Gasteiger partial charge on any atom is 0.0240 e. The molecule has 0 amide bonds. The zero-order valence-corrected chi connectivity index (χ0v) is 11.1. The summed E-state index contributed by atoms with van der Waals surface area (Å²) in [6, 6.07) is 12.1. The second-order valence-electron chi connectivity index (χ2n) is 5.52. The summed E-state index contributed by atoms with van der Waals surface area (Å²) in [5.41, 5.74) is 7.62. The van der Waals surface area contributed by atoms with E-state index >= 15 is 0 Å². The van der Waals surface area contributed by atoms with Crippen LogP contribution in [0.5, 0.6) is 0 Å². The zero-order valence-electron chi connectivity index (χ0n) is 11.1. The fourth-order valence-corrected chi connectivity index (χ4v) is 2.85. The Kier molecular flexibility index (Phi) is 3.85. The maximum atomic E-state index is 6.23. The Labute approximate surface area is 105 Å². The van der Waals surface area contributed by atoms with Gasteiger partial charge in [-0.05, 0) is 31.7 Å². The highest BCUT2D eigenvalue weighted by Gasteiger charge is 2.34. The van der Waals surface area contributed by atoms with Gasteiger partial charge in [0.05, 0.1) is 0 Å². The molecule has 2 heteroatoms. The van der Waals surface area contributed by atoms with Crippen molar-refractivity contribution in [2.24, 2.45) is 11.7 Å². The van der Waals surface area contributed by atoms with Crippen LogP contribution in [0, 0.1) is 5.92 Å². The molecule has 0 aliphatic carbocycles. The van der Waals surface area contributed by atoms with E-state index in [1.54, 1.807) is 0 Å². The largest absolute Gasteiger partial charge is 0.326 e. The third-order valence-electron chi connectivity index (χ3n) is 4.34. The van der Waals surface area contributed by atoms with Crippen molar-refractivity contribution in [2.75, 3.05) is 0 Å². The summed E-state index contributed by atoms with van der Waals surface area (Å²) >= 11 is 0. The van der Waals surface area contributed by atoms with Crippen LogP contribution in [0.25, 0.3) is 0 Å². The fraction of sp³-hybridized carbons (Fsp3) is 0.600. The molecule has 2 N–H and O–H groups in total. The van der Waals surface area contributed by atoms with E-state index in [-0.39, 0.29) is 0 Å². The molecular weight excluding hydrogens is 208 g/mol. The van der Waals surface area contributed by atoms with E-state index in [1.807, 2.05) is 0 Å². The number of benzene rings is 1. The molecule has 1 aliphatic heterocycles. The number of hydrogen-bond donors (Lipinski definition) is 1. The predicted molar refractivity (Wildman–Crippen MR) is 72.7 cm³/mol. The highest BCUT2D eigenvalue weighted by atomic mass is 15.2. The van der Waals surface area contributed by atoms with Gasteiger partial charge in [0.15, 0.2) is 0 Å². The standard InChI is InChI=1S/C15H24N2/c1-11-9-15(16)13(3)17(12(11)2)10-14-7-5-4-6-8-14/h4-8,11-13,15H,9-10,16H2,1-3H3/t11-,12+,13-,15+/m0/s1. The zero-order chi connectivity index (χ0) is 12.4. The minimum atomic E-state index is 0.310. The van der Waals surface area contributed by atoms with Gasteiger partial charge in [-0.3, -0.25) is 4.90 Å². The Morgan fingerprint density at radius 2 is 1.76 bits per heavy atom. The van der Waals surface area contributed by atoms with Crippen LogP contribution in [0.4, 0.5) is 0 Å². The van der Waals surface area contributed by atoms with Gasteiger partial charge in [0.25, 0.3) is 0 Å². The van der Waals surface area contributed by atoms with Gasteiger partial charge >= 0.3 is 0 Å². The predicted octanol–water partition coefficient (Wildman–Crippen LogP) is 2.63. The van der Waals surface area contributed by atoms with Crippen LogP contribution in [-0.4, -0.2) is 23.0 Å². The fourth-order valence-electron chi connectivity index (χ4n) is 2.85. The van der Waals surface area contributed by atoms with Crippen LogP contribution >= 0.6 is 0 Å². The summed E-state index contributed by atoms with van der Waals surface area (Å²) in [6.07, 6.45) is 1.15. The van der Waals surface area contributed by atoms with Gasteiger partial charge in [-0.15, -0.1) is 0 Å². The lowest BCUT2D eigenvalue weighted by atomic mass is 9.84. The van der Waals surface area contributed by atoms with E-state index in [1.165, 1.54) is 5.56 Å². The quantitative estimate of drug-likeness (QED) is 0.849. The number of rotatable bonds is 2. The van der Waals surface area contributed by atoms with Crippen molar-refractivity contribution in [1.29, 1.82) is 0 Å². The molecule has 94 valence electrons. The van der Waals surface area contributed by atoms with Crippen molar-refractivity contribution in [2.45, 2.75) is 51.9 Å². The van der Waals surface area contributed by atoms with E-state index in [2.05, 4.69) is 56.0 Å². The first-order valence-electron chi connectivity index (χ1n) is 6.65. The lowest BCUT2D eigenvalue weighted by Crippen LogP contribution is -2.56. The molecule has 1 heterocycles. The van der Waals surface area contributed by atoms with E-state index in [0.717, 1.165) is 13.0 Å². The van der Waals surface area contributed by atoms with Crippen LogP contribution in [-0.2, 0) is 6.54 Å². The summed E-state index contributed by atoms with van der Waals surface area (Å²) in [5, 5.41) is 0. The highest BCUT2D eigenvalue weighted by molar-refractivity contribution is 5.15. The number of piperidine rings is 1. The van der Waals surface area contributed by atoms with Crippen molar-refractivity contribution in [1.82, 2.24) is 4.90 Å². The maximum absolute atomic E-state index is 6.23. The number of likely N-dealkylation sites (tertiary alicyclic amines) is 1. The van der Waals surface area contributed by atoms with Gasteiger partial charge in [-0.2, -0.15) is 0 Å². The van der Waals surface area contributed by atoms with Crippen molar-refractivity contribution in [3.05, 3.63) is 35.9 Å². The summed E-state index contributed by atoms with van der Waals surface area (Å²) in [4.78, 5) is 2.55. The van der Waals surface area contributed by atoms with Gasteiger partial charge in [0, 0.05) is 24.7 Å². The molecule has 1 aromatic rings. The van der Waals surface area contributed by atoms with E-state index in [4.69, 9.17) is 5.73 Å². The van der Waals surface area contributed by atoms with Crippen molar-refractivity contribution in [3.8, 4) is 0 Å². The number of hydrogen-bond acceptors (Lipinski definition) is 2. The van der Waals surface area contributed by atoms with Crippen molar-refractivity contribution < 1.29 is 0 Å². The second-order valence-corrected chi connectivity index (χ2v) is 5.52. The average Bonchev–Trinajstić information content (AvgIpc) is 2.33. The first kappa shape index (κ1) is 12.6. The van der Waals surface area contributed by atoms with Gasteiger partial charge < -0.3 is 5.73 Å². The molecule has 2 nitrogen and oxygen atoms in total. The topological polar surface area (TPSA) is 29.3 Å². The van der Waals surface area contributed by atoms with E-state index in [9.17, 15) is 0 Å². The minimum Gasteiger partial charge on any atom is -0.326 e. The van der Waals surface area contributed by atoms with Gasteiger partial charge in [0.2, 0.25) is 0 Å². The van der Waals surface area contributed by atoms with Gasteiger partial charge in [-0.25, -0.2) is 0 Å². The van der Waals surface area contributed by atoms with Gasteiger partial charge in [-0.1, -0.05) is 37.3 Å². The molecule has 0 bridgehead atoms. The summed E-state index contributed by atoms with van der Waals surface area (Å²) in [5.74, 6) is 0.685. The Hall–Kier alpha value is -0.860. The molecular formula is C15H24N2. The molecule has 0 saturated carbocycles. The van der Waals surface area contributed by atoms with E-state index < -0.39 is 0 Å². The monoisotopic (exact) mass is 232 g/mol. The van der Waals surface area contributed by atoms with Crippen LogP contribution in [0.2, 0.25) is 0 Å². The number of nitrogens with two attached hydrogens (primary N) is 1. The van der Waals surface area contributed by atoms with Crippen LogP contribution in [0.1, 0.15) is 32.8 Å². The lowest BCUT2D eigenvalue weighted by molar-refractivity contribution is 0.0425. The Morgan fingerprint density at radius 3 is 2.41 bits per heavy atom. The second kappa shape index (κ2) is 5.19. The van der Waals surface area contributed by atoms with E-state index in [0.29, 0.717) is 24.0 Å². The van der Waals surface area contributed by atoms with Crippen molar-refractivity contribution >= 4 is 0 Å². The summed E-state index contributed by atoms with van der Waals surface area (Å²) < 4.78 is 0. The van der Waals surface area contributed by atoms with Crippen LogP contribution < -0.4 is 5.73 Å². The first-order valence-corrected chi connectivity index (χ1v) is 6.65. The SMILES string of the molecule is C[C@@H]1[C@@H](C)C[C@@H](N)[C@H](C)N1Cc1ccccc1. The molecule has 2 rings (SSSR count). The Morgan fingerprint density at radius 1 is 1.12 bits per heavy atom. The van der Waals surface area contributed by atoms with Gasteiger partial charge in [0.1, 0.15) is 0 Å². The third-order valence-corrected chi connectivity index (χ3v) is 4.34. The lowest BCUT2D eigenvalue weighted by Gasteiger charge is -2.46. The summed E-state index contributed by atoms with van der Waals surface area (Å²) in [7, 11) is 0. The molecule has 4 atom stereocenters. The molecule has 0 radical (unpaired) electrons. The normalized spacial score (nSPS) is 34.8. The van der Waals surface area contributed by atoms with Crippen LogP contribution in [0.15, 0.2) is 30.3 Å². The first-order chi connectivity index (χ1) is 8.09.